The van der Waals surface area contributed by atoms with Gasteiger partial charge in [0.15, 0.2) is 5.82 Å². The highest BCUT2D eigenvalue weighted by atomic mass is 15.2. The molecule has 0 bridgehead atoms. The number of nitrogens with zero attached hydrogens (tertiary/aromatic N) is 3. The standard InChI is InChI=1S/C18H21N7/c1-11-2-3-12-8-13(4-5-16(12)22-11)23-17-15(19)10-21-18(25-17)24-14-6-7-20-9-14/h2-5,8,10,14,20H,6-7,9,19H2,1H3,(H2,21,23,24,25). The highest BCUT2D eigenvalue weighted by Crippen LogP contribution is 2.24. The van der Waals surface area contributed by atoms with Crippen LogP contribution in [0.5, 0.6) is 0 Å². The molecule has 1 unspecified atom stereocenters. The third kappa shape index (κ3) is 3.46. The number of benzene rings is 1. The van der Waals surface area contributed by atoms with Gasteiger partial charge in [0.05, 0.1) is 17.4 Å². The number of nitrogens with two attached hydrogens (primary N) is 1. The molecule has 4 rings (SSSR count). The van der Waals surface area contributed by atoms with Crippen molar-refractivity contribution >= 4 is 34.0 Å². The molecule has 1 atom stereocenters. The predicted octanol–water partition coefficient (Wildman–Crippen LogP) is 2.43. The van der Waals surface area contributed by atoms with E-state index in [9.17, 15) is 0 Å². The van der Waals surface area contributed by atoms with Crippen LogP contribution in [-0.4, -0.2) is 34.1 Å². The first kappa shape index (κ1) is 15.6. The van der Waals surface area contributed by atoms with E-state index in [1.165, 1.54) is 0 Å². The Morgan fingerprint density at radius 2 is 2.12 bits per heavy atom. The number of aromatic nitrogens is 3. The van der Waals surface area contributed by atoms with Gasteiger partial charge in [0, 0.05) is 29.4 Å². The summed E-state index contributed by atoms with van der Waals surface area (Å²) in [6, 6.07) is 10.4. The Morgan fingerprint density at radius 3 is 2.96 bits per heavy atom. The van der Waals surface area contributed by atoms with Gasteiger partial charge >= 0.3 is 0 Å². The first-order valence-electron chi connectivity index (χ1n) is 8.41. The molecule has 0 amide bonds. The number of nitrogens with one attached hydrogen (secondary N) is 3. The van der Waals surface area contributed by atoms with Crippen molar-refractivity contribution in [3.63, 3.8) is 0 Å². The molecule has 1 fully saturated rings. The second-order valence-electron chi connectivity index (χ2n) is 6.32. The summed E-state index contributed by atoms with van der Waals surface area (Å²) in [4.78, 5) is 13.3. The molecule has 7 heteroatoms. The Morgan fingerprint density at radius 1 is 1.20 bits per heavy atom. The molecule has 1 aliphatic heterocycles. The molecule has 7 nitrogen and oxygen atoms in total. The van der Waals surface area contributed by atoms with E-state index in [0.29, 0.717) is 23.5 Å². The molecular formula is C18H21N7. The van der Waals surface area contributed by atoms with Crippen molar-refractivity contribution in [2.45, 2.75) is 19.4 Å². The van der Waals surface area contributed by atoms with Crippen molar-refractivity contribution < 1.29 is 0 Å². The van der Waals surface area contributed by atoms with Gasteiger partial charge in [0.25, 0.3) is 0 Å². The van der Waals surface area contributed by atoms with Crippen LogP contribution >= 0.6 is 0 Å². The smallest absolute Gasteiger partial charge is 0.225 e. The predicted molar refractivity (Wildman–Crippen MR) is 101 cm³/mol. The largest absolute Gasteiger partial charge is 0.394 e. The SMILES string of the molecule is Cc1ccc2cc(Nc3nc(NC4CCNC4)ncc3N)ccc2n1. The second-order valence-corrected chi connectivity index (χ2v) is 6.32. The number of hydrogen-bond acceptors (Lipinski definition) is 7. The number of pyridine rings is 1. The maximum atomic E-state index is 6.04. The van der Waals surface area contributed by atoms with Gasteiger partial charge in [0.1, 0.15) is 0 Å². The van der Waals surface area contributed by atoms with Crippen molar-refractivity contribution in [2.75, 3.05) is 29.5 Å². The number of fused-ring (bicyclic) bond motifs is 1. The molecule has 3 aromatic rings. The van der Waals surface area contributed by atoms with Gasteiger partial charge in [-0.15, -0.1) is 0 Å². The van der Waals surface area contributed by atoms with Gasteiger partial charge in [-0.1, -0.05) is 6.07 Å². The molecule has 0 spiro atoms. The molecule has 1 saturated heterocycles. The van der Waals surface area contributed by atoms with Gasteiger partial charge in [-0.2, -0.15) is 4.98 Å². The lowest BCUT2D eigenvalue weighted by atomic mass is 10.2. The quantitative estimate of drug-likeness (QED) is 0.581. The van der Waals surface area contributed by atoms with Crippen LogP contribution in [0.2, 0.25) is 0 Å². The number of rotatable bonds is 4. The minimum absolute atomic E-state index is 0.353. The molecule has 25 heavy (non-hydrogen) atoms. The van der Waals surface area contributed by atoms with E-state index in [2.05, 4.69) is 37.0 Å². The average molecular weight is 335 g/mol. The molecular weight excluding hydrogens is 314 g/mol. The van der Waals surface area contributed by atoms with Crippen LogP contribution in [0.1, 0.15) is 12.1 Å². The molecule has 3 heterocycles. The molecule has 1 aromatic carbocycles. The van der Waals surface area contributed by atoms with E-state index in [4.69, 9.17) is 5.73 Å². The number of hydrogen-bond donors (Lipinski definition) is 4. The monoisotopic (exact) mass is 335 g/mol. The van der Waals surface area contributed by atoms with Gasteiger partial charge in [0.2, 0.25) is 5.95 Å². The number of nitrogen functional groups attached to an aromatic ring is 1. The van der Waals surface area contributed by atoms with Gasteiger partial charge in [-0.25, -0.2) is 4.98 Å². The summed E-state index contributed by atoms with van der Waals surface area (Å²) >= 11 is 0. The zero-order chi connectivity index (χ0) is 17.2. The molecule has 5 N–H and O–H groups in total. The summed E-state index contributed by atoms with van der Waals surface area (Å²) in [7, 11) is 0. The fourth-order valence-electron chi connectivity index (χ4n) is 2.96. The summed E-state index contributed by atoms with van der Waals surface area (Å²) < 4.78 is 0. The number of anilines is 4. The lowest BCUT2D eigenvalue weighted by Crippen LogP contribution is -2.23. The van der Waals surface area contributed by atoms with E-state index < -0.39 is 0 Å². The minimum atomic E-state index is 0.353. The summed E-state index contributed by atoms with van der Waals surface area (Å²) in [6.07, 6.45) is 2.69. The van der Waals surface area contributed by atoms with Crippen LogP contribution in [0.25, 0.3) is 10.9 Å². The van der Waals surface area contributed by atoms with Crippen molar-refractivity contribution in [1.29, 1.82) is 0 Å². The Labute approximate surface area is 146 Å². The van der Waals surface area contributed by atoms with E-state index in [-0.39, 0.29) is 0 Å². The number of aryl methyl sites for hydroxylation is 1. The van der Waals surface area contributed by atoms with Crippen LogP contribution in [0.4, 0.5) is 23.1 Å². The van der Waals surface area contributed by atoms with Gasteiger partial charge in [-0.05, 0) is 44.2 Å². The highest BCUT2D eigenvalue weighted by Gasteiger charge is 2.15. The topological polar surface area (TPSA) is 101 Å². The Balaban J connectivity index is 1.57. The minimum Gasteiger partial charge on any atom is -0.394 e. The lowest BCUT2D eigenvalue weighted by Gasteiger charge is -2.14. The molecule has 2 aromatic heterocycles. The first-order chi connectivity index (χ1) is 12.2. The summed E-state index contributed by atoms with van der Waals surface area (Å²) in [5.74, 6) is 1.19. The zero-order valence-electron chi connectivity index (χ0n) is 14.1. The molecule has 0 aliphatic carbocycles. The molecule has 0 saturated carbocycles. The second kappa shape index (κ2) is 6.52. The van der Waals surface area contributed by atoms with E-state index in [1.807, 2.05) is 31.2 Å². The average Bonchev–Trinajstić information content (AvgIpc) is 3.11. The lowest BCUT2D eigenvalue weighted by molar-refractivity contribution is 0.781. The van der Waals surface area contributed by atoms with Gasteiger partial charge < -0.3 is 21.7 Å². The molecule has 1 aliphatic rings. The fraction of sp³-hybridized carbons (Fsp3) is 0.278. The van der Waals surface area contributed by atoms with Crippen molar-refractivity contribution in [2.24, 2.45) is 0 Å². The fourth-order valence-corrected chi connectivity index (χ4v) is 2.96. The normalized spacial score (nSPS) is 16.9. The Kier molecular flexibility index (Phi) is 4.07. The van der Waals surface area contributed by atoms with Crippen LogP contribution in [0.15, 0.2) is 36.5 Å². The Hall–Kier alpha value is -2.93. The van der Waals surface area contributed by atoms with Crippen LogP contribution in [0.3, 0.4) is 0 Å². The third-order valence-electron chi connectivity index (χ3n) is 4.30. The summed E-state index contributed by atoms with van der Waals surface area (Å²) in [6.45, 7) is 3.93. The van der Waals surface area contributed by atoms with Crippen LogP contribution in [0, 0.1) is 6.92 Å². The summed E-state index contributed by atoms with van der Waals surface area (Å²) in [5, 5.41) is 11.0. The van der Waals surface area contributed by atoms with Crippen LogP contribution in [-0.2, 0) is 0 Å². The van der Waals surface area contributed by atoms with E-state index >= 15 is 0 Å². The summed E-state index contributed by atoms with van der Waals surface area (Å²) in [5.41, 5.74) is 9.44. The Bertz CT molecular complexity index is 903. The van der Waals surface area contributed by atoms with E-state index in [0.717, 1.165) is 41.8 Å². The highest BCUT2D eigenvalue weighted by molar-refractivity contribution is 5.84. The van der Waals surface area contributed by atoms with Crippen LogP contribution < -0.4 is 21.7 Å². The first-order valence-corrected chi connectivity index (χ1v) is 8.41. The third-order valence-corrected chi connectivity index (χ3v) is 4.30. The maximum Gasteiger partial charge on any atom is 0.225 e. The van der Waals surface area contributed by atoms with Crippen molar-refractivity contribution in [1.82, 2.24) is 20.3 Å². The van der Waals surface area contributed by atoms with E-state index in [1.54, 1.807) is 6.20 Å². The van der Waals surface area contributed by atoms with Gasteiger partial charge in [-0.3, -0.25) is 4.98 Å². The van der Waals surface area contributed by atoms with Crippen molar-refractivity contribution in [3.05, 3.63) is 42.2 Å². The molecule has 128 valence electrons. The molecule has 0 radical (unpaired) electrons. The maximum absolute atomic E-state index is 6.04. The zero-order valence-corrected chi connectivity index (χ0v) is 14.1. The van der Waals surface area contributed by atoms with Crippen molar-refractivity contribution in [3.8, 4) is 0 Å².